The van der Waals surface area contributed by atoms with Crippen molar-refractivity contribution in [3.05, 3.63) is 0 Å². The first-order valence-electron chi connectivity index (χ1n) is 4.45. The summed E-state index contributed by atoms with van der Waals surface area (Å²) in [7, 11) is -1.65. The van der Waals surface area contributed by atoms with Crippen LogP contribution in [-0.4, -0.2) is 13.3 Å². The second-order valence-corrected chi connectivity index (χ2v) is 10.2. The van der Waals surface area contributed by atoms with Gasteiger partial charge in [0.05, 0.1) is 0 Å². The third-order valence-corrected chi connectivity index (χ3v) is 7.66. The Balaban J connectivity index is 4.39. The molecular formula is C10H19BrOSi. The van der Waals surface area contributed by atoms with Crippen LogP contribution in [0, 0.1) is 11.8 Å². The molecular weight excluding hydrogens is 244 g/mol. The molecule has 0 rings (SSSR count). The van der Waals surface area contributed by atoms with E-state index in [1.165, 1.54) is 0 Å². The molecule has 0 aromatic heterocycles. The zero-order valence-corrected chi connectivity index (χ0v) is 11.9. The number of hydrogen-bond acceptors (Lipinski definition) is 1. The first-order valence-corrected chi connectivity index (χ1v) is 8.27. The fraction of sp³-hybridized carbons (Fsp3) is 0.800. The summed E-state index contributed by atoms with van der Waals surface area (Å²) in [6.07, 6.45) is 0. The molecule has 0 aliphatic carbocycles. The molecule has 0 aromatic carbocycles. The van der Waals surface area contributed by atoms with E-state index in [1.54, 1.807) is 0 Å². The monoisotopic (exact) mass is 262 g/mol. The molecule has 3 heteroatoms. The number of halogens is 1. The van der Waals surface area contributed by atoms with Crippen LogP contribution >= 0.6 is 15.9 Å². The van der Waals surface area contributed by atoms with Gasteiger partial charge in [-0.15, -0.1) is 5.92 Å². The Hall–Kier alpha value is 0.217. The molecule has 0 saturated heterocycles. The van der Waals surface area contributed by atoms with Crippen molar-refractivity contribution in [2.24, 2.45) is 0 Å². The van der Waals surface area contributed by atoms with Gasteiger partial charge in [-0.1, -0.05) is 26.7 Å². The highest BCUT2D eigenvalue weighted by molar-refractivity contribution is 9.09. The van der Waals surface area contributed by atoms with Crippen LogP contribution < -0.4 is 0 Å². The van der Waals surface area contributed by atoms with E-state index >= 15 is 0 Å². The molecule has 13 heavy (non-hydrogen) atoms. The Morgan fingerprint density at radius 3 is 2.08 bits per heavy atom. The van der Waals surface area contributed by atoms with E-state index in [-0.39, 0.29) is 10.1 Å². The van der Waals surface area contributed by atoms with Gasteiger partial charge in [0.1, 0.15) is 0 Å². The van der Waals surface area contributed by atoms with Crippen molar-refractivity contribution in [3.63, 3.8) is 0 Å². The van der Waals surface area contributed by atoms with Gasteiger partial charge in [0.15, 0.2) is 13.3 Å². The quantitative estimate of drug-likeness (QED) is 0.419. The Morgan fingerprint density at radius 2 is 1.77 bits per heavy atom. The maximum absolute atomic E-state index is 5.92. The molecule has 0 N–H and O–H groups in total. The third kappa shape index (κ3) is 4.30. The fourth-order valence-corrected chi connectivity index (χ4v) is 3.14. The summed E-state index contributed by atoms with van der Waals surface area (Å²) in [5, 5.41) is 0.132. The second kappa shape index (κ2) is 4.63. The Labute approximate surface area is 91.5 Å². The van der Waals surface area contributed by atoms with E-state index < -0.39 is 8.32 Å². The van der Waals surface area contributed by atoms with Crippen LogP contribution in [0.5, 0.6) is 0 Å². The van der Waals surface area contributed by atoms with Crippen molar-refractivity contribution in [2.75, 3.05) is 0 Å². The summed E-state index contributed by atoms with van der Waals surface area (Å²) in [5.41, 5.74) is 0. The summed E-state index contributed by atoms with van der Waals surface area (Å²) in [4.78, 5) is 0. The number of rotatable bonds is 2. The van der Waals surface area contributed by atoms with E-state index in [0.29, 0.717) is 0 Å². The van der Waals surface area contributed by atoms with E-state index in [1.807, 2.05) is 6.92 Å². The van der Waals surface area contributed by atoms with Gasteiger partial charge < -0.3 is 4.43 Å². The SMILES string of the molecule is CC#CC(Br)O[Si](C)(C)C(C)(C)C. The molecule has 0 amide bonds. The highest BCUT2D eigenvalue weighted by atomic mass is 79.9. The Morgan fingerprint density at radius 1 is 1.31 bits per heavy atom. The summed E-state index contributed by atoms with van der Waals surface area (Å²) in [6, 6.07) is 0. The van der Waals surface area contributed by atoms with Crippen LogP contribution in [0.15, 0.2) is 0 Å². The van der Waals surface area contributed by atoms with Crippen molar-refractivity contribution in [2.45, 2.75) is 50.8 Å². The molecule has 0 aliphatic rings. The fourth-order valence-electron chi connectivity index (χ4n) is 0.578. The smallest absolute Gasteiger partial charge is 0.194 e. The molecule has 0 aliphatic heterocycles. The molecule has 0 radical (unpaired) electrons. The molecule has 0 saturated carbocycles. The Bertz CT molecular complexity index is 219. The summed E-state index contributed by atoms with van der Waals surface area (Å²) in [5.74, 6) is 5.79. The Kier molecular flexibility index (Phi) is 4.71. The van der Waals surface area contributed by atoms with Gasteiger partial charge in [-0.3, -0.25) is 0 Å². The summed E-state index contributed by atoms with van der Waals surface area (Å²) in [6.45, 7) is 12.9. The first kappa shape index (κ1) is 13.2. The lowest BCUT2D eigenvalue weighted by Gasteiger charge is -2.36. The van der Waals surface area contributed by atoms with Gasteiger partial charge in [-0.2, -0.15) is 0 Å². The standard InChI is InChI=1S/C10H19BrOSi/c1-7-8-9(11)12-13(5,6)10(2,3)4/h9H,1-6H3. The van der Waals surface area contributed by atoms with Gasteiger partial charge in [0.2, 0.25) is 0 Å². The molecule has 0 aromatic rings. The van der Waals surface area contributed by atoms with Crippen LogP contribution in [0.4, 0.5) is 0 Å². The van der Waals surface area contributed by atoms with Crippen molar-refractivity contribution < 1.29 is 4.43 Å². The first-order chi connectivity index (χ1) is 5.70. The van der Waals surface area contributed by atoms with Gasteiger partial charge >= 0.3 is 0 Å². The normalized spacial score (nSPS) is 14.7. The van der Waals surface area contributed by atoms with Crippen LogP contribution in [0.25, 0.3) is 0 Å². The minimum atomic E-state index is -1.65. The van der Waals surface area contributed by atoms with E-state index in [4.69, 9.17) is 4.43 Å². The van der Waals surface area contributed by atoms with Crippen molar-refractivity contribution in [1.82, 2.24) is 0 Å². The molecule has 76 valence electrons. The highest BCUT2D eigenvalue weighted by Crippen LogP contribution is 2.37. The van der Waals surface area contributed by atoms with Crippen LogP contribution in [0.2, 0.25) is 18.1 Å². The van der Waals surface area contributed by atoms with Crippen LogP contribution in [0.3, 0.4) is 0 Å². The van der Waals surface area contributed by atoms with Crippen molar-refractivity contribution in [1.29, 1.82) is 0 Å². The molecule has 1 atom stereocenters. The van der Waals surface area contributed by atoms with Gasteiger partial charge in [0, 0.05) is 0 Å². The molecule has 0 fully saturated rings. The average molecular weight is 263 g/mol. The van der Waals surface area contributed by atoms with E-state index in [0.717, 1.165) is 0 Å². The highest BCUT2D eigenvalue weighted by Gasteiger charge is 2.38. The lowest BCUT2D eigenvalue weighted by atomic mass is 10.2. The molecule has 1 nitrogen and oxygen atoms in total. The van der Waals surface area contributed by atoms with E-state index in [2.05, 4.69) is 61.6 Å². The zero-order chi connectivity index (χ0) is 10.7. The van der Waals surface area contributed by atoms with Crippen LogP contribution in [-0.2, 0) is 4.43 Å². The maximum Gasteiger partial charge on any atom is 0.194 e. The topological polar surface area (TPSA) is 9.23 Å². The number of alkyl halides is 1. The van der Waals surface area contributed by atoms with Gasteiger partial charge in [-0.25, -0.2) is 0 Å². The van der Waals surface area contributed by atoms with Crippen molar-refractivity contribution in [3.8, 4) is 11.8 Å². The van der Waals surface area contributed by atoms with Crippen molar-refractivity contribution >= 4 is 24.2 Å². The minimum absolute atomic E-state index is 0.113. The zero-order valence-electron chi connectivity index (χ0n) is 9.36. The predicted octanol–water partition coefficient (Wildman–Crippen LogP) is 3.75. The summed E-state index contributed by atoms with van der Waals surface area (Å²) >= 11 is 3.41. The largest absolute Gasteiger partial charge is 0.395 e. The van der Waals surface area contributed by atoms with E-state index in [9.17, 15) is 0 Å². The molecule has 1 unspecified atom stereocenters. The van der Waals surface area contributed by atoms with Gasteiger partial charge in [-0.05, 0) is 41.0 Å². The molecule has 0 heterocycles. The lowest BCUT2D eigenvalue weighted by molar-refractivity contribution is 0.313. The molecule has 0 bridgehead atoms. The van der Waals surface area contributed by atoms with Crippen LogP contribution in [0.1, 0.15) is 27.7 Å². The maximum atomic E-state index is 5.92. The number of hydrogen-bond donors (Lipinski definition) is 0. The third-order valence-electron chi connectivity index (χ3n) is 2.46. The summed E-state index contributed by atoms with van der Waals surface area (Å²) < 4.78 is 5.92. The predicted molar refractivity (Wildman–Crippen MR) is 64.4 cm³/mol. The second-order valence-electron chi connectivity index (χ2n) is 4.59. The molecule has 0 spiro atoms. The van der Waals surface area contributed by atoms with Gasteiger partial charge in [0.25, 0.3) is 0 Å². The lowest BCUT2D eigenvalue weighted by Crippen LogP contribution is -2.42. The minimum Gasteiger partial charge on any atom is -0.395 e. The average Bonchev–Trinajstić information content (AvgIpc) is 1.83.